The number of hydrogen-bond donors (Lipinski definition) is 1. The summed E-state index contributed by atoms with van der Waals surface area (Å²) in [7, 11) is 1.68. The molecule has 8 heteroatoms. The molecule has 1 saturated heterocycles. The molecule has 2 aliphatic rings. The van der Waals surface area contributed by atoms with Crippen molar-refractivity contribution in [3.05, 3.63) is 28.3 Å². The standard InChI is InChI=1S/C17H25N5O2S/c1-23-8-2-14-20-15(24-21-14)11-22(12-16-19-7-9-25-16)13-10-17(13)3-5-18-6-4-17/h7,9,13,18H,2-6,8,10-12H2,1H3/t13-/m1/s1. The summed E-state index contributed by atoms with van der Waals surface area (Å²) < 4.78 is 10.6. The first kappa shape index (κ1) is 17.1. The summed E-state index contributed by atoms with van der Waals surface area (Å²) in [5.74, 6) is 1.41. The van der Waals surface area contributed by atoms with E-state index >= 15 is 0 Å². The second-order valence-electron chi connectivity index (χ2n) is 7.01. The van der Waals surface area contributed by atoms with Gasteiger partial charge in [0.25, 0.3) is 0 Å². The SMILES string of the molecule is COCCc1noc(CN(Cc2nccs2)[C@@H]2CC23CCNCC3)n1. The first-order valence-electron chi connectivity index (χ1n) is 8.93. The van der Waals surface area contributed by atoms with Gasteiger partial charge in [0, 0.05) is 31.1 Å². The largest absolute Gasteiger partial charge is 0.384 e. The molecule has 4 rings (SSSR count). The van der Waals surface area contributed by atoms with E-state index in [-0.39, 0.29) is 0 Å². The number of rotatable bonds is 8. The average molecular weight is 363 g/mol. The Balaban J connectivity index is 1.45. The summed E-state index contributed by atoms with van der Waals surface area (Å²) in [5, 5.41) is 10.7. The van der Waals surface area contributed by atoms with E-state index in [9.17, 15) is 0 Å². The summed E-state index contributed by atoms with van der Waals surface area (Å²) in [5.41, 5.74) is 0.474. The van der Waals surface area contributed by atoms with Gasteiger partial charge < -0.3 is 14.6 Å². The van der Waals surface area contributed by atoms with Crippen molar-refractivity contribution in [3.8, 4) is 0 Å². The molecular formula is C17H25N5O2S. The maximum absolute atomic E-state index is 5.48. The number of hydrogen-bond acceptors (Lipinski definition) is 8. The maximum atomic E-state index is 5.48. The van der Waals surface area contributed by atoms with Crippen molar-refractivity contribution < 1.29 is 9.26 Å². The zero-order valence-electron chi connectivity index (χ0n) is 14.6. The number of nitrogens with zero attached hydrogens (tertiary/aromatic N) is 4. The molecule has 1 aliphatic heterocycles. The predicted octanol–water partition coefficient (Wildman–Crippen LogP) is 1.86. The third-order valence-electron chi connectivity index (χ3n) is 5.39. The second-order valence-corrected chi connectivity index (χ2v) is 7.99. The van der Waals surface area contributed by atoms with E-state index in [4.69, 9.17) is 9.26 Å². The molecule has 136 valence electrons. The minimum Gasteiger partial charge on any atom is -0.384 e. The van der Waals surface area contributed by atoms with Crippen LogP contribution < -0.4 is 5.32 Å². The number of ether oxygens (including phenoxy) is 1. The van der Waals surface area contributed by atoms with Gasteiger partial charge in [-0.2, -0.15) is 4.98 Å². The third-order valence-corrected chi connectivity index (χ3v) is 6.15. The van der Waals surface area contributed by atoms with Crippen LogP contribution in [-0.4, -0.2) is 52.9 Å². The molecular weight excluding hydrogens is 338 g/mol. The van der Waals surface area contributed by atoms with Gasteiger partial charge in [0.15, 0.2) is 5.82 Å². The van der Waals surface area contributed by atoms with E-state index in [1.165, 1.54) is 19.3 Å². The topological polar surface area (TPSA) is 76.3 Å². The van der Waals surface area contributed by atoms with E-state index < -0.39 is 0 Å². The van der Waals surface area contributed by atoms with Gasteiger partial charge in [0.2, 0.25) is 5.89 Å². The van der Waals surface area contributed by atoms with Crippen LogP contribution in [0.4, 0.5) is 0 Å². The molecule has 0 bridgehead atoms. The number of nitrogens with one attached hydrogen (secondary N) is 1. The number of aromatic nitrogens is 3. The zero-order chi connectivity index (χ0) is 17.1. The fourth-order valence-electron chi connectivity index (χ4n) is 3.91. The fourth-order valence-corrected chi connectivity index (χ4v) is 4.55. The molecule has 0 aromatic carbocycles. The molecule has 25 heavy (non-hydrogen) atoms. The Morgan fingerprint density at radius 1 is 1.40 bits per heavy atom. The summed E-state index contributed by atoms with van der Waals surface area (Å²) in [6, 6.07) is 0.591. The van der Waals surface area contributed by atoms with Gasteiger partial charge >= 0.3 is 0 Å². The van der Waals surface area contributed by atoms with Crippen LogP contribution in [-0.2, 0) is 24.2 Å². The maximum Gasteiger partial charge on any atom is 0.240 e. The molecule has 2 aromatic rings. The minimum absolute atomic E-state index is 0.474. The van der Waals surface area contributed by atoms with Crippen LogP contribution in [0.1, 0.15) is 36.0 Å². The molecule has 3 heterocycles. The highest BCUT2D eigenvalue weighted by atomic mass is 32.1. The molecule has 1 spiro atoms. The van der Waals surface area contributed by atoms with Gasteiger partial charge in [-0.05, 0) is 37.8 Å². The van der Waals surface area contributed by atoms with Crippen molar-refractivity contribution in [1.82, 2.24) is 25.3 Å². The van der Waals surface area contributed by atoms with Gasteiger partial charge in [0.05, 0.1) is 19.7 Å². The molecule has 2 fully saturated rings. The van der Waals surface area contributed by atoms with Gasteiger partial charge in [0.1, 0.15) is 5.01 Å². The first-order valence-corrected chi connectivity index (χ1v) is 9.81. The van der Waals surface area contributed by atoms with Crippen molar-refractivity contribution in [3.63, 3.8) is 0 Å². The van der Waals surface area contributed by atoms with Crippen molar-refractivity contribution >= 4 is 11.3 Å². The van der Waals surface area contributed by atoms with Crippen LogP contribution in [0, 0.1) is 5.41 Å². The highest BCUT2D eigenvalue weighted by Crippen LogP contribution is 2.56. The molecule has 1 N–H and O–H groups in total. The van der Waals surface area contributed by atoms with Crippen LogP contribution >= 0.6 is 11.3 Å². The van der Waals surface area contributed by atoms with Crippen LogP contribution in [0.5, 0.6) is 0 Å². The molecule has 0 amide bonds. The van der Waals surface area contributed by atoms with E-state index in [2.05, 4.69) is 25.3 Å². The Bertz CT molecular complexity index is 668. The van der Waals surface area contributed by atoms with Crippen molar-refractivity contribution in [2.75, 3.05) is 26.8 Å². The van der Waals surface area contributed by atoms with Crippen LogP contribution in [0.15, 0.2) is 16.1 Å². The second kappa shape index (κ2) is 7.49. The quantitative estimate of drug-likeness (QED) is 0.767. The van der Waals surface area contributed by atoms with Crippen molar-refractivity contribution in [1.29, 1.82) is 0 Å². The smallest absolute Gasteiger partial charge is 0.240 e. The monoisotopic (exact) mass is 363 g/mol. The molecule has 7 nitrogen and oxygen atoms in total. The Kier molecular flexibility index (Phi) is 5.12. The number of thiazole rings is 1. The summed E-state index contributed by atoms with van der Waals surface area (Å²) in [6.07, 6.45) is 6.35. The Hall–Kier alpha value is -1.35. The minimum atomic E-state index is 0.474. The predicted molar refractivity (Wildman–Crippen MR) is 94.2 cm³/mol. The highest BCUT2D eigenvalue weighted by molar-refractivity contribution is 7.09. The molecule has 1 saturated carbocycles. The molecule has 1 aliphatic carbocycles. The molecule has 1 atom stereocenters. The Morgan fingerprint density at radius 2 is 2.28 bits per heavy atom. The van der Waals surface area contributed by atoms with E-state index in [1.807, 2.05) is 11.6 Å². The average Bonchev–Trinajstić information content (AvgIpc) is 3.00. The normalized spacial score (nSPS) is 21.9. The summed E-state index contributed by atoms with van der Waals surface area (Å²) in [4.78, 5) is 11.5. The zero-order valence-corrected chi connectivity index (χ0v) is 15.4. The van der Waals surface area contributed by atoms with Crippen LogP contribution in [0.2, 0.25) is 0 Å². The molecule has 2 aromatic heterocycles. The highest BCUT2D eigenvalue weighted by Gasteiger charge is 2.56. The lowest BCUT2D eigenvalue weighted by Gasteiger charge is -2.28. The first-order chi connectivity index (χ1) is 12.3. The number of methoxy groups -OCH3 is 1. The van der Waals surface area contributed by atoms with Gasteiger partial charge in [-0.15, -0.1) is 11.3 Å². The van der Waals surface area contributed by atoms with Gasteiger partial charge in [-0.3, -0.25) is 4.90 Å². The van der Waals surface area contributed by atoms with Crippen molar-refractivity contribution in [2.45, 2.75) is 44.8 Å². The molecule has 0 radical (unpaired) electrons. The lowest BCUT2D eigenvalue weighted by molar-refractivity contribution is 0.167. The lowest BCUT2D eigenvalue weighted by atomic mass is 9.93. The van der Waals surface area contributed by atoms with Gasteiger partial charge in [-0.1, -0.05) is 5.16 Å². The Morgan fingerprint density at radius 3 is 3.04 bits per heavy atom. The lowest BCUT2D eigenvalue weighted by Crippen LogP contribution is -2.35. The summed E-state index contributed by atoms with van der Waals surface area (Å²) >= 11 is 1.71. The fraction of sp³-hybridized carbons (Fsp3) is 0.706. The van der Waals surface area contributed by atoms with Crippen molar-refractivity contribution in [2.24, 2.45) is 5.41 Å². The van der Waals surface area contributed by atoms with E-state index in [0.717, 1.165) is 30.5 Å². The van der Waals surface area contributed by atoms with Crippen LogP contribution in [0.25, 0.3) is 0 Å². The third kappa shape index (κ3) is 3.92. The van der Waals surface area contributed by atoms with Gasteiger partial charge in [-0.25, -0.2) is 4.98 Å². The summed E-state index contributed by atoms with van der Waals surface area (Å²) in [6.45, 7) is 4.42. The van der Waals surface area contributed by atoms with E-state index in [1.54, 1.807) is 18.4 Å². The van der Waals surface area contributed by atoms with Crippen LogP contribution in [0.3, 0.4) is 0 Å². The van der Waals surface area contributed by atoms with E-state index in [0.29, 0.717) is 36.9 Å². The molecule has 0 unspecified atom stereocenters. The number of piperidine rings is 1. The Labute approximate surface area is 151 Å².